The number of amides is 1. The molecular formula is C15H15BrN2O3S. The predicted molar refractivity (Wildman–Crippen MR) is 90.0 cm³/mol. The number of phenolic OH excluding ortho intramolecular Hbond substituents is 1. The van der Waals surface area contributed by atoms with Gasteiger partial charge in [-0.3, -0.25) is 4.79 Å². The van der Waals surface area contributed by atoms with Crippen molar-refractivity contribution in [3.05, 3.63) is 38.2 Å². The zero-order valence-electron chi connectivity index (χ0n) is 12.3. The average molecular weight is 383 g/mol. The summed E-state index contributed by atoms with van der Waals surface area (Å²) in [5.41, 5.74) is 2.51. The normalized spacial score (nSPS) is 16.7. The summed E-state index contributed by atoms with van der Waals surface area (Å²) in [4.78, 5) is 13.5. The number of halogens is 1. The largest absolute Gasteiger partial charge is 0.503 e. The molecule has 2 heterocycles. The molecule has 1 atom stereocenters. The SMILES string of the molecule is COc1cc(C2NC(=O)c3c(sc(C)c3C)N2)cc(Br)c1O. The number of nitrogens with one attached hydrogen (secondary N) is 2. The van der Waals surface area contributed by atoms with Gasteiger partial charge in [-0.05, 0) is 53.0 Å². The summed E-state index contributed by atoms with van der Waals surface area (Å²) in [5.74, 6) is 0.297. The number of ether oxygens (including phenoxy) is 1. The maximum atomic E-state index is 12.4. The summed E-state index contributed by atoms with van der Waals surface area (Å²) in [6.07, 6.45) is -0.372. The molecule has 1 aromatic carbocycles. The second-order valence-corrected chi connectivity index (χ2v) is 7.17. The second-order valence-electron chi connectivity index (χ2n) is 5.09. The lowest BCUT2D eigenvalue weighted by atomic mass is 10.1. The van der Waals surface area contributed by atoms with Gasteiger partial charge >= 0.3 is 0 Å². The minimum Gasteiger partial charge on any atom is -0.503 e. The third kappa shape index (κ3) is 2.34. The van der Waals surface area contributed by atoms with Gasteiger partial charge in [0.05, 0.1) is 17.1 Å². The molecule has 7 heteroatoms. The summed E-state index contributed by atoms with van der Waals surface area (Å²) in [6, 6.07) is 3.46. The lowest BCUT2D eigenvalue weighted by Crippen LogP contribution is -2.38. The number of methoxy groups -OCH3 is 1. The van der Waals surface area contributed by atoms with Crippen molar-refractivity contribution in [1.29, 1.82) is 0 Å². The van der Waals surface area contributed by atoms with Gasteiger partial charge in [0.15, 0.2) is 11.5 Å². The van der Waals surface area contributed by atoms with Gasteiger partial charge in [-0.25, -0.2) is 0 Å². The number of hydrogen-bond donors (Lipinski definition) is 3. The topological polar surface area (TPSA) is 70.6 Å². The number of thiophene rings is 1. The monoisotopic (exact) mass is 382 g/mol. The molecule has 1 amide bonds. The summed E-state index contributed by atoms with van der Waals surface area (Å²) in [6.45, 7) is 3.95. The van der Waals surface area contributed by atoms with Crippen molar-refractivity contribution in [2.45, 2.75) is 20.0 Å². The van der Waals surface area contributed by atoms with Crippen LogP contribution in [0.1, 0.15) is 32.5 Å². The zero-order valence-corrected chi connectivity index (χ0v) is 14.7. The number of carbonyl (C=O) groups is 1. The number of fused-ring (bicyclic) bond motifs is 1. The van der Waals surface area contributed by atoms with Crippen LogP contribution < -0.4 is 15.4 Å². The number of benzene rings is 1. The highest BCUT2D eigenvalue weighted by Crippen LogP contribution is 2.40. The molecule has 1 aromatic heterocycles. The summed E-state index contributed by atoms with van der Waals surface area (Å²) < 4.78 is 5.67. The number of carbonyl (C=O) groups excluding carboxylic acids is 1. The number of anilines is 1. The lowest BCUT2D eigenvalue weighted by molar-refractivity contribution is 0.0935. The van der Waals surface area contributed by atoms with E-state index in [1.165, 1.54) is 7.11 Å². The van der Waals surface area contributed by atoms with E-state index in [1.807, 2.05) is 13.8 Å². The van der Waals surface area contributed by atoms with Gasteiger partial charge in [0.2, 0.25) is 0 Å². The molecule has 0 radical (unpaired) electrons. The Kier molecular flexibility index (Phi) is 3.78. The minimum absolute atomic E-state index is 0.0388. The first-order valence-corrected chi connectivity index (χ1v) is 8.27. The fraction of sp³-hybridized carbons (Fsp3) is 0.267. The summed E-state index contributed by atoms with van der Waals surface area (Å²) in [7, 11) is 1.49. The quantitative estimate of drug-likeness (QED) is 0.740. The van der Waals surface area contributed by atoms with Crippen LogP contribution in [0.4, 0.5) is 5.00 Å². The van der Waals surface area contributed by atoms with Crippen molar-refractivity contribution in [3.63, 3.8) is 0 Å². The molecule has 2 aromatic rings. The van der Waals surface area contributed by atoms with E-state index in [4.69, 9.17) is 4.74 Å². The fourth-order valence-electron chi connectivity index (χ4n) is 2.46. The molecule has 0 saturated carbocycles. The molecule has 1 aliphatic rings. The first kappa shape index (κ1) is 15.2. The molecule has 0 fully saturated rings. The third-order valence-corrected chi connectivity index (χ3v) is 5.51. The van der Waals surface area contributed by atoms with E-state index >= 15 is 0 Å². The molecule has 3 rings (SSSR count). The maximum absolute atomic E-state index is 12.4. The zero-order chi connectivity index (χ0) is 16.0. The highest BCUT2D eigenvalue weighted by atomic mass is 79.9. The number of phenols is 1. The van der Waals surface area contributed by atoms with Crippen molar-refractivity contribution >= 4 is 38.2 Å². The molecule has 5 nitrogen and oxygen atoms in total. The number of aromatic hydroxyl groups is 1. The first-order chi connectivity index (χ1) is 10.4. The van der Waals surface area contributed by atoms with Crippen LogP contribution in [-0.2, 0) is 0 Å². The van der Waals surface area contributed by atoms with Crippen LogP contribution in [0.15, 0.2) is 16.6 Å². The van der Waals surface area contributed by atoms with Crippen molar-refractivity contribution in [3.8, 4) is 11.5 Å². The molecule has 0 saturated heterocycles. The van der Waals surface area contributed by atoms with Gasteiger partial charge in [0.25, 0.3) is 5.91 Å². The Morgan fingerprint density at radius 3 is 2.73 bits per heavy atom. The van der Waals surface area contributed by atoms with Gasteiger partial charge in [0.1, 0.15) is 11.2 Å². The Hall–Kier alpha value is -1.73. The van der Waals surface area contributed by atoms with E-state index in [2.05, 4.69) is 26.6 Å². The predicted octanol–water partition coefficient (Wildman–Crippen LogP) is 3.70. The van der Waals surface area contributed by atoms with Gasteiger partial charge in [0, 0.05) is 4.88 Å². The molecule has 1 unspecified atom stereocenters. The highest BCUT2D eigenvalue weighted by molar-refractivity contribution is 9.10. The minimum atomic E-state index is -0.372. The van der Waals surface area contributed by atoms with Crippen LogP contribution in [0.2, 0.25) is 0 Å². The lowest BCUT2D eigenvalue weighted by Gasteiger charge is -2.27. The molecule has 116 valence electrons. The van der Waals surface area contributed by atoms with Crippen LogP contribution in [0.3, 0.4) is 0 Å². The first-order valence-electron chi connectivity index (χ1n) is 6.66. The second kappa shape index (κ2) is 5.48. The van der Waals surface area contributed by atoms with E-state index in [0.717, 1.165) is 21.0 Å². The third-order valence-electron chi connectivity index (χ3n) is 3.77. The van der Waals surface area contributed by atoms with Crippen molar-refractivity contribution < 1.29 is 14.6 Å². The van der Waals surface area contributed by atoms with Gasteiger partial charge in [-0.1, -0.05) is 0 Å². The van der Waals surface area contributed by atoms with Crippen LogP contribution in [-0.4, -0.2) is 18.1 Å². The van der Waals surface area contributed by atoms with Gasteiger partial charge in [-0.2, -0.15) is 0 Å². The number of hydrogen-bond acceptors (Lipinski definition) is 5. The molecule has 0 bridgehead atoms. The smallest absolute Gasteiger partial charge is 0.256 e. The fourth-order valence-corrected chi connectivity index (χ4v) is 4.00. The van der Waals surface area contributed by atoms with Gasteiger partial charge in [-0.15, -0.1) is 11.3 Å². The van der Waals surface area contributed by atoms with E-state index in [-0.39, 0.29) is 17.8 Å². The molecule has 1 aliphatic heterocycles. The molecule has 22 heavy (non-hydrogen) atoms. The Morgan fingerprint density at radius 2 is 2.05 bits per heavy atom. The van der Waals surface area contributed by atoms with Crippen molar-refractivity contribution in [2.24, 2.45) is 0 Å². The molecule has 0 aliphatic carbocycles. The summed E-state index contributed by atoms with van der Waals surface area (Å²) >= 11 is 4.87. The molecule has 3 N–H and O–H groups in total. The maximum Gasteiger partial charge on any atom is 0.256 e. The summed E-state index contributed by atoms with van der Waals surface area (Å²) in [5, 5.41) is 17.0. The van der Waals surface area contributed by atoms with Crippen LogP contribution >= 0.6 is 27.3 Å². The van der Waals surface area contributed by atoms with Crippen LogP contribution in [0, 0.1) is 13.8 Å². The van der Waals surface area contributed by atoms with Crippen molar-refractivity contribution in [1.82, 2.24) is 5.32 Å². The van der Waals surface area contributed by atoms with Crippen molar-refractivity contribution in [2.75, 3.05) is 12.4 Å². The van der Waals surface area contributed by atoms with E-state index in [1.54, 1.807) is 23.5 Å². The van der Waals surface area contributed by atoms with Gasteiger partial charge < -0.3 is 20.5 Å². The van der Waals surface area contributed by atoms with E-state index in [9.17, 15) is 9.90 Å². The van der Waals surface area contributed by atoms with E-state index in [0.29, 0.717) is 15.8 Å². The van der Waals surface area contributed by atoms with Crippen LogP contribution in [0.25, 0.3) is 0 Å². The average Bonchev–Trinajstić information content (AvgIpc) is 2.77. The standard InChI is InChI=1S/C15H15BrN2O3S/c1-6-7(2)22-15-11(6)14(20)17-13(18-15)8-4-9(16)12(19)10(5-8)21-3/h4-5,13,18-19H,1-3H3,(H,17,20). The highest BCUT2D eigenvalue weighted by Gasteiger charge is 2.29. The van der Waals surface area contributed by atoms with E-state index < -0.39 is 0 Å². The Labute approximate surface area is 140 Å². The Balaban J connectivity index is 2.01. The number of rotatable bonds is 2. The number of aryl methyl sites for hydroxylation is 1. The molecular weight excluding hydrogens is 368 g/mol. The Morgan fingerprint density at radius 1 is 1.32 bits per heavy atom. The Bertz CT molecular complexity index is 773. The van der Waals surface area contributed by atoms with Crippen LogP contribution in [0.5, 0.6) is 11.5 Å². The molecule has 0 spiro atoms.